The lowest BCUT2D eigenvalue weighted by atomic mass is 9.70. The summed E-state index contributed by atoms with van der Waals surface area (Å²) in [5.41, 5.74) is 1.76. The van der Waals surface area contributed by atoms with Gasteiger partial charge in [-0.2, -0.15) is 0 Å². The molecule has 0 aromatic heterocycles. The molecular weight excluding hydrogens is 318 g/mol. The number of rotatable bonds is 4. The summed E-state index contributed by atoms with van der Waals surface area (Å²) >= 11 is 3.59. The van der Waals surface area contributed by atoms with Crippen molar-refractivity contribution in [2.45, 2.75) is 39.2 Å². The highest BCUT2D eigenvalue weighted by Crippen LogP contribution is 2.40. The lowest BCUT2D eigenvalue weighted by Gasteiger charge is -2.38. The fourth-order valence-electron chi connectivity index (χ4n) is 2.85. The second kappa shape index (κ2) is 5.94. The fraction of sp³-hybridized carbons (Fsp3) is 0.625. The van der Waals surface area contributed by atoms with E-state index in [2.05, 4.69) is 40.3 Å². The maximum absolute atomic E-state index is 5.77. The molecule has 1 aromatic rings. The Bertz CT molecular complexity index is 486. The molecule has 0 atom stereocenters. The van der Waals surface area contributed by atoms with Crippen LogP contribution in [-0.4, -0.2) is 19.8 Å². The first kappa shape index (κ1) is 14.2. The van der Waals surface area contributed by atoms with Gasteiger partial charge in [0.2, 0.25) is 0 Å². The number of hydrogen-bond donors (Lipinski definition) is 1. The number of ether oxygens (including phenoxy) is 2. The molecule has 1 aliphatic heterocycles. The molecule has 0 spiro atoms. The second-order valence-electron chi connectivity index (χ2n) is 6.22. The molecule has 1 heterocycles. The van der Waals surface area contributed by atoms with E-state index in [9.17, 15) is 0 Å². The predicted octanol–water partition coefficient (Wildman–Crippen LogP) is 3.89. The Morgan fingerprint density at radius 2 is 2.00 bits per heavy atom. The van der Waals surface area contributed by atoms with Gasteiger partial charge in [0.15, 0.2) is 11.5 Å². The first-order valence-corrected chi connectivity index (χ1v) is 8.24. The Balaban J connectivity index is 1.64. The van der Waals surface area contributed by atoms with Gasteiger partial charge in [0, 0.05) is 19.5 Å². The van der Waals surface area contributed by atoms with Crippen molar-refractivity contribution in [2.75, 3.05) is 19.8 Å². The van der Waals surface area contributed by atoms with Crippen LogP contribution >= 0.6 is 15.9 Å². The molecule has 0 unspecified atom stereocenters. The lowest BCUT2D eigenvalue weighted by molar-refractivity contribution is 0.156. The van der Waals surface area contributed by atoms with Gasteiger partial charge in [-0.05, 0) is 51.9 Å². The van der Waals surface area contributed by atoms with Gasteiger partial charge in [-0.25, -0.2) is 0 Å². The van der Waals surface area contributed by atoms with E-state index in [1.54, 1.807) is 0 Å². The molecule has 0 bridgehead atoms. The highest BCUT2D eigenvalue weighted by Gasteiger charge is 2.30. The molecule has 20 heavy (non-hydrogen) atoms. The molecule has 1 aliphatic carbocycles. The van der Waals surface area contributed by atoms with E-state index >= 15 is 0 Å². The summed E-state index contributed by atoms with van der Waals surface area (Å²) in [6, 6.07) is 4.23. The molecular formula is C16H22BrNO2. The molecule has 110 valence electrons. The minimum Gasteiger partial charge on any atom is -0.490 e. The summed E-state index contributed by atoms with van der Waals surface area (Å²) in [4.78, 5) is 0. The minimum atomic E-state index is 0.516. The highest BCUT2D eigenvalue weighted by molar-refractivity contribution is 9.10. The Kier molecular flexibility index (Phi) is 4.22. The first-order valence-electron chi connectivity index (χ1n) is 7.45. The van der Waals surface area contributed by atoms with Crippen LogP contribution in [0.25, 0.3) is 0 Å². The van der Waals surface area contributed by atoms with Crippen LogP contribution < -0.4 is 14.8 Å². The van der Waals surface area contributed by atoms with Crippen LogP contribution in [0.5, 0.6) is 11.5 Å². The maximum atomic E-state index is 5.77. The summed E-state index contributed by atoms with van der Waals surface area (Å²) in [5.74, 6) is 1.71. The normalized spacial score (nSPS) is 20.1. The monoisotopic (exact) mass is 339 g/mol. The third-order valence-electron chi connectivity index (χ3n) is 4.30. The molecule has 1 N–H and O–H groups in total. The fourth-order valence-corrected chi connectivity index (χ4v) is 3.46. The molecule has 3 rings (SSSR count). The second-order valence-corrected chi connectivity index (χ2v) is 7.08. The number of hydrogen-bond acceptors (Lipinski definition) is 3. The van der Waals surface area contributed by atoms with Crippen molar-refractivity contribution in [1.82, 2.24) is 5.32 Å². The van der Waals surface area contributed by atoms with Crippen molar-refractivity contribution < 1.29 is 9.47 Å². The van der Waals surface area contributed by atoms with Crippen LogP contribution in [-0.2, 0) is 6.54 Å². The van der Waals surface area contributed by atoms with Gasteiger partial charge in [0.1, 0.15) is 0 Å². The Morgan fingerprint density at radius 1 is 1.20 bits per heavy atom. The summed E-state index contributed by atoms with van der Waals surface area (Å²) in [7, 11) is 0. The van der Waals surface area contributed by atoms with Crippen LogP contribution in [0.15, 0.2) is 16.6 Å². The van der Waals surface area contributed by atoms with E-state index in [0.717, 1.165) is 48.7 Å². The molecule has 1 saturated carbocycles. The SMILES string of the molecule is CC1(CNCc2cc(Br)c3c(c2)OCCCO3)CCC1. The zero-order valence-electron chi connectivity index (χ0n) is 12.0. The van der Waals surface area contributed by atoms with Crippen molar-refractivity contribution in [3.8, 4) is 11.5 Å². The number of nitrogens with one attached hydrogen (secondary N) is 1. The number of fused-ring (bicyclic) bond motifs is 1. The number of halogens is 1. The minimum absolute atomic E-state index is 0.516. The quantitative estimate of drug-likeness (QED) is 0.902. The van der Waals surface area contributed by atoms with Crippen molar-refractivity contribution in [3.05, 3.63) is 22.2 Å². The molecule has 4 heteroatoms. The van der Waals surface area contributed by atoms with Gasteiger partial charge in [-0.3, -0.25) is 0 Å². The van der Waals surface area contributed by atoms with Crippen molar-refractivity contribution in [3.63, 3.8) is 0 Å². The van der Waals surface area contributed by atoms with Gasteiger partial charge in [0.05, 0.1) is 17.7 Å². The van der Waals surface area contributed by atoms with E-state index in [4.69, 9.17) is 9.47 Å². The molecule has 2 aliphatic rings. The van der Waals surface area contributed by atoms with E-state index in [1.807, 2.05) is 0 Å². The van der Waals surface area contributed by atoms with Crippen LogP contribution in [0.2, 0.25) is 0 Å². The Labute approximate surface area is 129 Å². The van der Waals surface area contributed by atoms with Crippen LogP contribution in [0, 0.1) is 5.41 Å². The average Bonchev–Trinajstić information content (AvgIpc) is 2.62. The van der Waals surface area contributed by atoms with Crippen molar-refractivity contribution in [2.24, 2.45) is 5.41 Å². The standard InChI is InChI=1S/C16H22BrNO2/c1-16(4-2-5-16)11-18-10-12-8-13(17)15-14(9-12)19-6-3-7-20-15/h8-9,18H,2-7,10-11H2,1H3. The zero-order chi connectivity index (χ0) is 14.0. The summed E-state index contributed by atoms with van der Waals surface area (Å²) in [6.07, 6.45) is 5.02. The van der Waals surface area contributed by atoms with E-state index < -0.39 is 0 Å². The predicted molar refractivity (Wildman–Crippen MR) is 83.4 cm³/mol. The smallest absolute Gasteiger partial charge is 0.175 e. The van der Waals surface area contributed by atoms with E-state index in [0.29, 0.717) is 5.41 Å². The maximum Gasteiger partial charge on any atom is 0.175 e. The van der Waals surface area contributed by atoms with Crippen LogP contribution in [0.4, 0.5) is 0 Å². The van der Waals surface area contributed by atoms with Crippen molar-refractivity contribution in [1.29, 1.82) is 0 Å². The van der Waals surface area contributed by atoms with E-state index in [-0.39, 0.29) is 0 Å². The van der Waals surface area contributed by atoms with Gasteiger partial charge in [0.25, 0.3) is 0 Å². The Hall–Kier alpha value is -0.740. The topological polar surface area (TPSA) is 30.5 Å². The van der Waals surface area contributed by atoms with Crippen molar-refractivity contribution >= 4 is 15.9 Å². The molecule has 3 nitrogen and oxygen atoms in total. The van der Waals surface area contributed by atoms with Gasteiger partial charge in [-0.1, -0.05) is 13.3 Å². The summed E-state index contributed by atoms with van der Waals surface area (Å²) in [6.45, 7) is 5.80. The number of benzene rings is 1. The third kappa shape index (κ3) is 3.12. The third-order valence-corrected chi connectivity index (χ3v) is 4.89. The Morgan fingerprint density at radius 3 is 2.75 bits per heavy atom. The average molecular weight is 340 g/mol. The first-order chi connectivity index (χ1) is 9.66. The lowest BCUT2D eigenvalue weighted by Crippen LogP contribution is -2.36. The van der Waals surface area contributed by atoms with Crippen LogP contribution in [0.1, 0.15) is 38.2 Å². The molecule has 0 amide bonds. The highest BCUT2D eigenvalue weighted by atomic mass is 79.9. The largest absolute Gasteiger partial charge is 0.490 e. The van der Waals surface area contributed by atoms with Gasteiger partial charge >= 0.3 is 0 Å². The molecule has 1 aromatic carbocycles. The van der Waals surface area contributed by atoms with Gasteiger partial charge in [-0.15, -0.1) is 0 Å². The summed E-state index contributed by atoms with van der Waals surface area (Å²) in [5, 5.41) is 3.58. The molecule has 1 fully saturated rings. The van der Waals surface area contributed by atoms with E-state index in [1.165, 1.54) is 24.8 Å². The zero-order valence-corrected chi connectivity index (χ0v) is 13.6. The molecule has 0 radical (unpaired) electrons. The summed E-state index contributed by atoms with van der Waals surface area (Å²) < 4.78 is 12.5. The molecule has 0 saturated heterocycles. The van der Waals surface area contributed by atoms with Crippen LogP contribution in [0.3, 0.4) is 0 Å². The van der Waals surface area contributed by atoms with Gasteiger partial charge < -0.3 is 14.8 Å².